The molecule has 5 saturated carbocycles. The Kier molecular flexibility index (Phi) is 10.5. The number of aliphatic hydroxyl groups is 1. The van der Waals surface area contributed by atoms with Gasteiger partial charge in [-0.3, -0.25) is 0 Å². The number of hydrogen-bond donors (Lipinski definition) is 2. The highest BCUT2D eigenvalue weighted by Crippen LogP contribution is 2.70. The van der Waals surface area contributed by atoms with E-state index in [1.54, 1.807) is 29.5 Å². The lowest BCUT2D eigenvalue weighted by Crippen LogP contribution is -2.63. The third-order valence-corrected chi connectivity index (χ3v) is 18.3. The Morgan fingerprint density at radius 3 is 2.56 bits per heavy atom. The summed E-state index contributed by atoms with van der Waals surface area (Å²) >= 11 is 1.99. The molecule has 0 aromatic carbocycles. The molecular formula is C46H67N3O2S. The predicted molar refractivity (Wildman–Crippen MR) is 213 cm³/mol. The van der Waals surface area contributed by atoms with Crippen LogP contribution >= 0.6 is 11.8 Å². The Labute approximate surface area is 319 Å². The molecule has 2 N–H and O–H groups in total. The van der Waals surface area contributed by atoms with Gasteiger partial charge in [0.1, 0.15) is 11.6 Å². The molecule has 0 aliphatic heterocycles. The van der Waals surface area contributed by atoms with Crippen LogP contribution in [0.1, 0.15) is 142 Å². The number of nitrogens with one attached hydrogen (secondary N) is 1. The maximum absolute atomic E-state index is 11.4. The standard InChI is InChI=1S/C46H67N3O2S/c1-31-36(33-11-9-32(10-12-33)30-51-42-34(29-47)7-6-27-48-42)17-21-43(2)38(31)18-22-44(3)39-19-25-46(20-5-8-40(46)37(39)13-14-41(43)44)49-28-26-45(50)23-15-35(52-4)16-24-45/h6-7,11,17,27,31-32,35,37-41,49-50H,5,8-10,12-16,18-26,28,30H2,1-4H3/t31?,32?,35?,37?,38?,39?,40-,41?,43?,44?,45?,46?/m1/s1. The highest BCUT2D eigenvalue weighted by molar-refractivity contribution is 7.99. The number of hydrogen-bond acceptors (Lipinski definition) is 6. The Morgan fingerprint density at radius 1 is 0.962 bits per heavy atom. The molecule has 1 heterocycles. The molecule has 7 aliphatic carbocycles. The van der Waals surface area contributed by atoms with Crippen molar-refractivity contribution in [3.8, 4) is 11.9 Å². The Morgan fingerprint density at radius 2 is 1.79 bits per heavy atom. The van der Waals surface area contributed by atoms with Crippen LogP contribution in [0.3, 0.4) is 0 Å². The molecule has 5 nitrogen and oxygen atoms in total. The van der Waals surface area contributed by atoms with Crippen molar-refractivity contribution in [3.05, 3.63) is 47.2 Å². The van der Waals surface area contributed by atoms with E-state index in [1.807, 2.05) is 11.8 Å². The van der Waals surface area contributed by atoms with E-state index >= 15 is 0 Å². The van der Waals surface area contributed by atoms with Crippen LogP contribution in [0, 0.1) is 63.6 Å². The van der Waals surface area contributed by atoms with Gasteiger partial charge in [-0.1, -0.05) is 39.3 Å². The summed E-state index contributed by atoms with van der Waals surface area (Å²) < 4.78 is 6.04. The number of rotatable bonds is 9. The second-order valence-electron chi connectivity index (χ2n) is 19.4. The fourth-order valence-electron chi connectivity index (χ4n) is 14.4. The van der Waals surface area contributed by atoms with Crippen LogP contribution in [-0.4, -0.2) is 45.9 Å². The van der Waals surface area contributed by atoms with E-state index in [2.05, 4.69) is 55.5 Å². The first-order chi connectivity index (χ1) is 25.1. The number of nitriles is 1. The predicted octanol–water partition coefficient (Wildman–Crippen LogP) is 10.4. The zero-order chi connectivity index (χ0) is 36.1. The molecular weight excluding hydrogens is 659 g/mol. The van der Waals surface area contributed by atoms with Crippen LogP contribution in [0.15, 0.2) is 41.6 Å². The molecule has 9 unspecified atom stereocenters. The third-order valence-electron chi connectivity index (χ3n) is 17.2. The van der Waals surface area contributed by atoms with Gasteiger partial charge in [0, 0.05) is 17.0 Å². The second kappa shape index (κ2) is 14.7. The van der Waals surface area contributed by atoms with Crippen LogP contribution in [0.25, 0.3) is 0 Å². The lowest BCUT2D eigenvalue weighted by atomic mass is 9.38. The van der Waals surface area contributed by atoms with Crippen molar-refractivity contribution < 1.29 is 9.84 Å². The van der Waals surface area contributed by atoms with Crippen molar-refractivity contribution in [2.45, 2.75) is 153 Å². The summed E-state index contributed by atoms with van der Waals surface area (Å²) in [6.45, 7) is 9.70. The average Bonchev–Trinajstić information content (AvgIpc) is 3.59. The Balaban J connectivity index is 0.907. The normalized spacial score (nSPS) is 44.2. The third kappa shape index (κ3) is 6.53. The summed E-state index contributed by atoms with van der Waals surface area (Å²) in [4.78, 5) is 4.30. The summed E-state index contributed by atoms with van der Waals surface area (Å²) in [5.74, 6) is 5.80. The molecule has 7 aliphatic rings. The van der Waals surface area contributed by atoms with Crippen molar-refractivity contribution in [2.75, 3.05) is 19.4 Å². The van der Waals surface area contributed by atoms with E-state index in [1.165, 1.54) is 77.0 Å². The summed E-state index contributed by atoms with van der Waals surface area (Å²) in [6, 6.07) is 5.79. The van der Waals surface area contributed by atoms with Gasteiger partial charge in [-0.25, -0.2) is 4.98 Å². The molecule has 5 fully saturated rings. The molecule has 0 bridgehead atoms. The van der Waals surface area contributed by atoms with Crippen LogP contribution < -0.4 is 10.1 Å². The van der Waals surface area contributed by atoms with Crippen LogP contribution in [0.2, 0.25) is 0 Å². The van der Waals surface area contributed by atoms with Gasteiger partial charge in [0.2, 0.25) is 5.88 Å². The van der Waals surface area contributed by atoms with Gasteiger partial charge in [-0.05, 0) is 197 Å². The van der Waals surface area contributed by atoms with E-state index in [-0.39, 0.29) is 0 Å². The SMILES string of the molecule is CSC1CCC(O)(CCNC23CCC[C@@H]2C2CCC4C5(C)CC=C(C6=CCC(COc7ncccc7C#N)CC6)C(C)C5CCC4(C)C2CC3)CC1. The van der Waals surface area contributed by atoms with Crippen molar-refractivity contribution in [1.29, 1.82) is 5.26 Å². The maximum Gasteiger partial charge on any atom is 0.231 e. The molecule has 0 spiro atoms. The molecule has 1 aromatic rings. The molecule has 284 valence electrons. The van der Waals surface area contributed by atoms with Crippen LogP contribution in [0.5, 0.6) is 5.88 Å². The lowest BCUT2D eigenvalue weighted by Gasteiger charge is -2.67. The summed E-state index contributed by atoms with van der Waals surface area (Å²) in [5, 5.41) is 25.8. The van der Waals surface area contributed by atoms with Crippen molar-refractivity contribution in [2.24, 2.45) is 52.3 Å². The quantitative estimate of drug-likeness (QED) is 0.264. The highest BCUT2D eigenvalue weighted by Gasteiger charge is 2.64. The molecule has 0 amide bonds. The van der Waals surface area contributed by atoms with Gasteiger partial charge in [0.25, 0.3) is 0 Å². The highest BCUT2D eigenvalue weighted by atomic mass is 32.2. The van der Waals surface area contributed by atoms with Gasteiger partial charge in [-0.15, -0.1) is 0 Å². The van der Waals surface area contributed by atoms with Gasteiger partial charge < -0.3 is 15.2 Å². The summed E-state index contributed by atoms with van der Waals surface area (Å²) in [5.41, 5.74) is 4.55. The minimum Gasteiger partial charge on any atom is -0.476 e. The number of pyridine rings is 1. The van der Waals surface area contributed by atoms with E-state index < -0.39 is 5.60 Å². The zero-order valence-corrected chi connectivity index (χ0v) is 33.6. The molecule has 8 rings (SSSR count). The lowest BCUT2D eigenvalue weighted by molar-refractivity contribution is -0.166. The maximum atomic E-state index is 11.4. The summed E-state index contributed by atoms with van der Waals surface area (Å²) in [6.07, 6.45) is 31.7. The first-order valence-electron chi connectivity index (χ1n) is 21.5. The fourth-order valence-corrected chi connectivity index (χ4v) is 15.1. The molecule has 0 radical (unpaired) electrons. The number of thioether (sulfide) groups is 1. The smallest absolute Gasteiger partial charge is 0.231 e. The second-order valence-corrected chi connectivity index (χ2v) is 20.5. The monoisotopic (exact) mass is 725 g/mol. The molecule has 0 saturated heterocycles. The zero-order valence-electron chi connectivity index (χ0n) is 32.8. The minimum atomic E-state index is -0.443. The van der Waals surface area contributed by atoms with Gasteiger partial charge in [-0.2, -0.15) is 17.0 Å². The first-order valence-corrected chi connectivity index (χ1v) is 22.8. The van der Waals surface area contributed by atoms with Crippen molar-refractivity contribution >= 4 is 11.8 Å². The van der Waals surface area contributed by atoms with E-state index in [4.69, 9.17) is 4.74 Å². The minimum absolute atomic E-state index is 0.326. The van der Waals surface area contributed by atoms with Crippen molar-refractivity contribution in [3.63, 3.8) is 0 Å². The number of allylic oxidation sites excluding steroid dienone is 4. The van der Waals surface area contributed by atoms with Crippen LogP contribution in [0.4, 0.5) is 0 Å². The largest absolute Gasteiger partial charge is 0.476 e. The van der Waals surface area contributed by atoms with Gasteiger partial charge >= 0.3 is 0 Å². The number of fused-ring (bicyclic) bond motifs is 7. The number of aromatic nitrogens is 1. The number of nitrogens with zero attached hydrogens (tertiary/aromatic N) is 2. The van der Waals surface area contributed by atoms with Gasteiger partial charge in [0.15, 0.2) is 0 Å². The van der Waals surface area contributed by atoms with E-state index in [9.17, 15) is 10.4 Å². The van der Waals surface area contributed by atoms with Crippen molar-refractivity contribution in [1.82, 2.24) is 10.3 Å². The Hall–Kier alpha value is -1.81. The molecule has 1 aromatic heterocycles. The summed E-state index contributed by atoms with van der Waals surface area (Å²) in [7, 11) is 0. The van der Waals surface area contributed by atoms with E-state index in [0.29, 0.717) is 46.3 Å². The number of ether oxygens (including phenoxy) is 1. The first kappa shape index (κ1) is 37.1. The van der Waals surface area contributed by atoms with E-state index in [0.717, 1.165) is 79.9 Å². The van der Waals surface area contributed by atoms with Crippen LogP contribution in [-0.2, 0) is 0 Å². The Bertz CT molecular complexity index is 1560. The molecule has 52 heavy (non-hydrogen) atoms. The molecule has 6 heteroatoms. The van der Waals surface area contributed by atoms with Gasteiger partial charge in [0.05, 0.1) is 12.2 Å². The molecule has 10 atom stereocenters. The average molecular weight is 726 g/mol. The fraction of sp³-hybridized carbons (Fsp3) is 0.783. The topological polar surface area (TPSA) is 78.2 Å².